The van der Waals surface area contributed by atoms with Gasteiger partial charge in [0.1, 0.15) is 12.4 Å². The van der Waals surface area contributed by atoms with Gasteiger partial charge in [-0.2, -0.15) is 0 Å². The van der Waals surface area contributed by atoms with Crippen LogP contribution in [-0.4, -0.2) is 15.3 Å². The number of halogens is 2. The zero-order valence-electron chi connectivity index (χ0n) is 15.4. The summed E-state index contributed by atoms with van der Waals surface area (Å²) in [6.07, 6.45) is 0. The molecule has 0 aliphatic carbocycles. The second kappa shape index (κ2) is 7.19. The van der Waals surface area contributed by atoms with Gasteiger partial charge in [-0.25, -0.2) is 9.07 Å². The highest BCUT2D eigenvalue weighted by molar-refractivity contribution is 6.30. The average Bonchev–Trinajstić information content (AvgIpc) is 2.86. The maximum Gasteiger partial charge on any atom is 0.275 e. The fraction of sp³-hybridized carbons (Fsp3) is 0.300. The number of hydrogen-bond donors (Lipinski definition) is 1. The van der Waals surface area contributed by atoms with Gasteiger partial charge in [-0.05, 0) is 56.7 Å². The van der Waals surface area contributed by atoms with Crippen LogP contribution in [0.4, 0.5) is 4.39 Å². The van der Waals surface area contributed by atoms with Crippen molar-refractivity contribution in [3.63, 3.8) is 0 Å². The lowest BCUT2D eigenvalue weighted by Gasteiger charge is -2.24. The summed E-state index contributed by atoms with van der Waals surface area (Å²) >= 11 is 5.86. The number of aromatic nitrogens is 2. The molecule has 3 rings (SSSR count). The van der Waals surface area contributed by atoms with Crippen molar-refractivity contribution in [3.05, 3.63) is 69.2 Å². The Morgan fingerprint density at radius 3 is 2.44 bits per heavy atom. The van der Waals surface area contributed by atoms with E-state index in [1.54, 1.807) is 12.1 Å². The van der Waals surface area contributed by atoms with Gasteiger partial charge in [0, 0.05) is 11.6 Å². The van der Waals surface area contributed by atoms with E-state index in [4.69, 9.17) is 11.6 Å². The molecule has 0 saturated carbocycles. The molecule has 142 valence electrons. The molecule has 1 heterocycles. The van der Waals surface area contributed by atoms with Crippen LogP contribution in [0.25, 0.3) is 10.9 Å². The highest BCUT2D eigenvalue weighted by Gasteiger charge is 2.24. The summed E-state index contributed by atoms with van der Waals surface area (Å²) in [6.45, 7) is 5.85. The number of nitrogens with zero attached hydrogens (tertiary/aromatic N) is 2. The standard InChI is InChI=1S/C20H21ClFN3O2/c1-20(2,3)25-19(27)16-9-8-15(22)10-17(16)24(25)12-18(26)23-11-13-4-6-14(21)7-5-13/h4-10H,11-12H2,1-3H3,(H,23,26). The first-order valence-corrected chi connectivity index (χ1v) is 8.97. The maximum absolute atomic E-state index is 13.8. The zero-order valence-corrected chi connectivity index (χ0v) is 16.2. The summed E-state index contributed by atoms with van der Waals surface area (Å²) in [5, 5.41) is 3.83. The van der Waals surface area contributed by atoms with Gasteiger partial charge in [0.15, 0.2) is 0 Å². The quantitative estimate of drug-likeness (QED) is 0.740. The summed E-state index contributed by atoms with van der Waals surface area (Å²) in [6, 6.07) is 11.2. The first kappa shape index (κ1) is 19.2. The number of benzene rings is 2. The third kappa shape index (κ3) is 4.06. The van der Waals surface area contributed by atoms with Gasteiger partial charge in [-0.15, -0.1) is 0 Å². The van der Waals surface area contributed by atoms with Crippen LogP contribution in [0.15, 0.2) is 47.3 Å². The van der Waals surface area contributed by atoms with Crippen molar-refractivity contribution in [1.82, 2.24) is 14.7 Å². The molecule has 3 aromatic rings. The summed E-state index contributed by atoms with van der Waals surface area (Å²) in [4.78, 5) is 25.3. The first-order chi connectivity index (χ1) is 12.7. The van der Waals surface area contributed by atoms with Gasteiger partial charge < -0.3 is 5.32 Å². The Hall–Kier alpha value is -2.60. The molecular weight excluding hydrogens is 369 g/mol. The van der Waals surface area contributed by atoms with Crippen molar-refractivity contribution in [2.45, 2.75) is 39.4 Å². The van der Waals surface area contributed by atoms with E-state index in [1.165, 1.54) is 27.6 Å². The lowest BCUT2D eigenvalue weighted by atomic mass is 10.1. The molecule has 27 heavy (non-hydrogen) atoms. The topological polar surface area (TPSA) is 56.0 Å². The second-order valence-corrected chi connectivity index (χ2v) is 7.85. The van der Waals surface area contributed by atoms with Crippen LogP contribution in [-0.2, 0) is 23.4 Å². The molecule has 0 spiro atoms. The molecule has 0 fully saturated rings. The van der Waals surface area contributed by atoms with E-state index >= 15 is 0 Å². The van der Waals surface area contributed by atoms with Crippen molar-refractivity contribution in [2.75, 3.05) is 0 Å². The van der Waals surface area contributed by atoms with Gasteiger partial charge in [-0.3, -0.25) is 14.3 Å². The molecule has 0 radical (unpaired) electrons. The summed E-state index contributed by atoms with van der Waals surface area (Å²) in [5.74, 6) is -0.729. The summed E-state index contributed by atoms with van der Waals surface area (Å²) < 4.78 is 16.8. The normalized spacial score (nSPS) is 11.7. The largest absolute Gasteiger partial charge is 0.350 e. The van der Waals surface area contributed by atoms with Crippen LogP contribution >= 0.6 is 11.6 Å². The lowest BCUT2D eigenvalue weighted by Crippen LogP contribution is -2.39. The Labute approximate surface area is 161 Å². The van der Waals surface area contributed by atoms with E-state index < -0.39 is 11.4 Å². The number of fused-ring (bicyclic) bond motifs is 1. The Morgan fingerprint density at radius 1 is 1.15 bits per heavy atom. The highest BCUT2D eigenvalue weighted by atomic mass is 35.5. The SMILES string of the molecule is CC(C)(C)n1c(=O)c2ccc(F)cc2n1CC(=O)NCc1ccc(Cl)cc1. The van der Waals surface area contributed by atoms with Gasteiger partial charge >= 0.3 is 0 Å². The van der Waals surface area contributed by atoms with E-state index in [-0.39, 0.29) is 18.0 Å². The number of carbonyl (C=O) groups is 1. The van der Waals surface area contributed by atoms with Crippen molar-refractivity contribution in [3.8, 4) is 0 Å². The molecule has 0 unspecified atom stereocenters. The molecule has 2 aromatic carbocycles. The molecule has 7 heteroatoms. The molecule has 1 aromatic heterocycles. The van der Waals surface area contributed by atoms with Crippen LogP contribution < -0.4 is 10.9 Å². The molecule has 5 nitrogen and oxygen atoms in total. The zero-order chi connectivity index (χ0) is 19.8. The molecule has 0 bridgehead atoms. The monoisotopic (exact) mass is 389 g/mol. The fourth-order valence-electron chi connectivity index (χ4n) is 3.05. The lowest BCUT2D eigenvalue weighted by molar-refractivity contribution is -0.122. The minimum Gasteiger partial charge on any atom is -0.350 e. The highest BCUT2D eigenvalue weighted by Crippen LogP contribution is 2.19. The van der Waals surface area contributed by atoms with Crippen LogP contribution in [0.2, 0.25) is 5.02 Å². The number of hydrogen-bond acceptors (Lipinski definition) is 2. The first-order valence-electron chi connectivity index (χ1n) is 8.59. The maximum atomic E-state index is 13.8. The molecule has 1 N–H and O–H groups in total. The van der Waals surface area contributed by atoms with Gasteiger partial charge in [0.2, 0.25) is 5.91 Å². The Kier molecular flexibility index (Phi) is 5.11. The summed E-state index contributed by atoms with van der Waals surface area (Å²) in [7, 11) is 0. The average molecular weight is 390 g/mol. The minimum absolute atomic E-state index is 0.0902. The molecule has 0 atom stereocenters. The van der Waals surface area contributed by atoms with E-state index in [9.17, 15) is 14.0 Å². The second-order valence-electron chi connectivity index (χ2n) is 7.41. The third-order valence-electron chi connectivity index (χ3n) is 4.23. The fourth-order valence-corrected chi connectivity index (χ4v) is 3.17. The Balaban J connectivity index is 1.91. The molecular formula is C20H21ClFN3O2. The van der Waals surface area contributed by atoms with Crippen molar-refractivity contribution in [2.24, 2.45) is 0 Å². The van der Waals surface area contributed by atoms with Gasteiger partial charge in [0.25, 0.3) is 5.56 Å². The number of amides is 1. The number of rotatable bonds is 4. The molecule has 1 amide bonds. The Morgan fingerprint density at radius 2 is 1.81 bits per heavy atom. The Bertz CT molecular complexity index is 1050. The van der Waals surface area contributed by atoms with Crippen LogP contribution in [0.5, 0.6) is 0 Å². The predicted octanol–water partition coefficient (Wildman–Crippen LogP) is 3.67. The third-order valence-corrected chi connectivity index (χ3v) is 4.49. The van der Waals surface area contributed by atoms with Crippen LogP contribution in [0.3, 0.4) is 0 Å². The smallest absolute Gasteiger partial charge is 0.275 e. The van der Waals surface area contributed by atoms with E-state index in [1.807, 2.05) is 32.9 Å². The number of nitrogens with one attached hydrogen (secondary N) is 1. The van der Waals surface area contributed by atoms with Crippen molar-refractivity contribution in [1.29, 1.82) is 0 Å². The van der Waals surface area contributed by atoms with Gasteiger partial charge in [0.05, 0.1) is 16.4 Å². The number of carbonyl (C=O) groups excluding carboxylic acids is 1. The van der Waals surface area contributed by atoms with Crippen LogP contribution in [0, 0.1) is 5.82 Å². The molecule has 0 aliphatic rings. The molecule has 0 aliphatic heterocycles. The van der Waals surface area contributed by atoms with E-state index in [0.29, 0.717) is 22.5 Å². The van der Waals surface area contributed by atoms with Gasteiger partial charge in [-0.1, -0.05) is 23.7 Å². The van der Waals surface area contributed by atoms with Crippen molar-refractivity contribution < 1.29 is 9.18 Å². The predicted molar refractivity (Wildman–Crippen MR) is 104 cm³/mol. The van der Waals surface area contributed by atoms with E-state index in [2.05, 4.69) is 5.32 Å². The molecule has 0 saturated heterocycles. The minimum atomic E-state index is -0.566. The van der Waals surface area contributed by atoms with E-state index in [0.717, 1.165) is 5.56 Å². The van der Waals surface area contributed by atoms with Crippen molar-refractivity contribution >= 4 is 28.4 Å². The van der Waals surface area contributed by atoms with Crippen LogP contribution in [0.1, 0.15) is 26.3 Å². The summed E-state index contributed by atoms with van der Waals surface area (Å²) in [5.41, 5.74) is 0.493.